The number of halogens is 1. The number of hydrogen-bond acceptors (Lipinski definition) is 4. The lowest BCUT2D eigenvalue weighted by molar-refractivity contribution is 0.600. The van der Waals surface area contributed by atoms with Crippen molar-refractivity contribution in [1.29, 1.82) is 0 Å². The fraction of sp³-hybridized carbons (Fsp3) is 0.214. The van der Waals surface area contributed by atoms with Gasteiger partial charge in [0.05, 0.1) is 28.3 Å². The van der Waals surface area contributed by atoms with Crippen LogP contribution in [0, 0.1) is 0 Å². The maximum Gasteiger partial charge on any atom is 0.232 e. The van der Waals surface area contributed by atoms with Gasteiger partial charge in [0.15, 0.2) is 0 Å². The zero-order valence-corrected chi connectivity index (χ0v) is 13.1. The van der Waals surface area contributed by atoms with E-state index in [1.807, 2.05) is 25.1 Å². The smallest absolute Gasteiger partial charge is 0.232 e. The Morgan fingerprint density at radius 3 is 2.57 bits per heavy atom. The van der Waals surface area contributed by atoms with Gasteiger partial charge in [-0.15, -0.1) is 0 Å². The van der Waals surface area contributed by atoms with Gasteiger partial charge in [-0.05, 0) is 30.7 Å². The molecule has 2 rings (SSSR count). The Kier molecular flexibility index (Phi) is 5.03. The fourth-order valence-electron chi connectivity index (χ4n) is 1.73. The molecule has 0 saturated carbocycles. The molecule has 0 unspecified atom stereocenters. The number of nitrogens with zero attached hydrogens (tertiary/aromatic N) is 1. The molecule has 0 aliphatic rings. The van der Waals surface area contributed by atoms with Gasteiger partial charge in [-0.2, -0.15) is 0 Å². The van der Waals surface area contributed by atoms with E-state index in [0.717, 1.165) is 5.69 Å². The molecule has 112 valence electrons. The van der Waals surface area contributed by atoms with Gasteiger partial charge >= 0.3 is 0 Å². The van der Waals surface area contributed by atoms with E-state index in [-0.39, 0.29) is 5.75 Å². The number of aromatic nitrogens is 1. The quantitative estimate of drug-likeness (QED) is 0.850. The molecule has 0 aliphatic heterocycles. The Bertz CT molecular complexity index is 702. The highest BCUT2D eigenvalue weighted by Crippen LogP contribution is 2.24. The maximum atomic E-state index is 11.6. The van der Waals surface area contributed by atoms with E-state index in [0.29, 0.717) is 22.9 Å². The number of pyridine rings is 1. The topological polar surface area (TPSA) is 71.1 Å². The number of anilines is 3. The van der Waals surface area contributed by atoms with Crippen molar-refractivity contribution in [2.75, 3.05) is 15.8 Å². The third-order valence-electron chi connectivity index (χ3n) is 2.65. The van der Waals surface area contributed by atoms with Crippen LogP contribution in [0.15, 0.2) is 42.6 Å². The molecule has 1 heterocycles. The summed E-state index contributed by atoms with van der Waals surface area (Å²) in [4.78, 5) is 4.16. The van der Waals surface area contributed by atoms with Crippen LogP contribution in [0.1, 0.15) is 13.3 Å². The molecule has 0 aliphatic carbocycles. The minimum atomic E-state index is -3.29. The van der Waals surface area contributed by atoms with E-state index in [9.17, 15) is 8.42 Å². The van der Waals surface area contributed by atoms with Crippen molar-refractivity contribution in [2.24, 2.45) is 0 Å². The zero-order valence-electron chi connectivity index (χ0n) is 11.5. The number of para-hydroxylation sites is 1. The van der Waals surface area contributed by atoms with Crippen LogP contribution >= 0.6 is 11.6 Å². The van der Waals surface area contributed by atoms with Crippen LogP contribution < -0.4 is 10.0 Å². The van der Waals surface area contributed by atoms with Crippen LogP contribution in [-0.4, -0.2) is 19.2 Å². The summed E-state index contributed by atoms with van der Waals surface area (Å²) in [6.07, 6.45) is 2.03. The van der Waals surface area contributed by atoms with Gasteiger partial charge in [0.2, 0.25) is 10.0 Å². The first-order valence-electron chi connectivity index (χ1n) is 6.48. The third-order valence-corrected chi connectivity index (χ3v) is 4.47. The van der Waals surface area contributed by atoms with Gasteiger partial charge in [-0.25, -0.2) is 13.4 Å². The van der Waals surface area contributed by atoms with Crippen molar-refractivity contribution in [2.45, 2.75) is 13.3 Å². The molecule has 0 bridgehead atoms. The lowest BCUT2D eigenvalue weighted by Crippen LogP contribution is -2.16. The van der Waals surface area contributed by atoms with E-state index in [1.54, 1.807) is 18.2 Å². The summed E-state index contributed by atoms with van der Waals surface area (Å²) >= 11 is 6.05. The number of rotatable bonds is 6. The number of hydrogen-bond donors (Lipinski definition) is 2. The summed E-state index contributed by atoms with van der Waals surface area (Å²) in [5, 5.41) is 3.66. The van der Waals surface area contributed by atoms with Crippen molar-refractivity contribution in [3.63, 3.8) is 0 Å². The van der Waals surface area contributed by atoms with Gasteiger partial charge in [-0.1, -0.05) is 30.7 Å². The largest absolute Gasteiger partial charge is 0.339 e. The first-order valence-corrected chi connectivity index (χ1v) is 8.51. The monoisotopic (exact) mass is 325 g/mol. The van der Waals surface area contributed by atoms with Crippen LogP contribution in [-0.2, 0) is 10.0 Å². The molecule has 0 amide bonds. The molecule has 7 heteroatoms. The second kappa shape index (κ2) is 6.78. The molecule has 5 nitrogen and oxygen atoms in total. The summed E-state index contributed by atoms with van der Waals surface area (Å²) in [7, 11) is -3.29. The lowest BCUT2D eigenvalue weighted by Gasteiger charge is -2.09. The first kappa shape index (κ1) is 15.6. The Balaban J connectivity index is 2.08. The predicted octanol–water partition coefficient (Wildman–Crippen LogP) is 3.63. The standard InChI is InChI=1S/C14H16ClN3O2S/c1-2-9-21(19,20)18-11-7-8-14(16-10-11)17-13-6-4-3-5-12(13)15/h3-8,10,18H,2,9H2,1H3,(H,16,17). The maximum absolute atomic E-state index is 11.6. The summed E-state index contributed by atoms with van der Waals surface area (Å²) < 4.78 is 25.8. The number of benzene rings is 1. The molecule has 0 saturated heterocycles. The molecule has 2 N–H and O–H groups in total. The normalized spacial score (nSPS) is 11.1. The van der Waals surface area contributed by atoms with E-state index in [2.05, 4.69) is 15.0 Å². The zero-order chi connectivity index (χ0) is 15.3. The van der Waals surface area contributed by atoms with Crippen LogP contribution in [0.4, 0.5) is 17.2 Å². The molecule has 0 spiro atoms. The summed E-state index contributed by atoms with van der Waals surface area (Å²) in [5.74, 6) is 0.675. The molecule has 1 aromatic carbocycles. The van der Waals surface area contributed by atoms with Crippen molar-refractivity contribution in [3.05, 3.63) is 47.6 Å². The summed E-state index contributed by atoms with van der Waals surface area (Å²) in [6.45, 7) is 1.81. The molecule has 1 aromatic heterocycles. The van der Waals surface area contributed by atoms with Crippen molar-refractivity contribution >= 4 is 38.8 Å². The van der Waals surface area contributed by atoms with E-state index >= 15 is 0 Å². The molecular weight excluding hydrogens is 310 g/mol. The molecular formula is C14H16ClN3O2S. The number of nitrogens with one attached hydrogen (secondary N) is 2. The SMILES string of the molecule is CCCS(=O)(=O)Nc1ccc(Nc2ccccc2Cl)nc1. The molecule has 0 atom stereocenters. The van der Waals surface area contributed by atoms with E-state index in [4.69, 9.17) is 11.6 Å². The summed E-state index contributed by atoms with van der Waals surface area (Å²) in [5.41, 5.74) is 1.18. The van der Waals surface area contributed by atoms with Crippen LogP contribution in [0.3, 0.4) is 0 Å². The summed E-state index contributed by atoms with van der Waals surface area (Å²) in [6, 6.07) is 10.7. The average molecular weight is 326 g/mol. The molecule has 2 aromatic rings. The molecule has 0 radical (unpaired) electrons. The van der Waals surface area contributed by atoms with Gasteiger partial charge in [-0.3, -0.25) is 4.72 Å². The second-order valence-corrected chi connectivity index (χ2v) is 6.71. The van der Waals surface area contributed by atoms with E-state index < -0.39 is 10.0 Å². The highest BCUT2D eigenvalue weighted by Gasteiger charge is 2.09. The Labute approximate surface area is 129 Å². The van der Waals surface area contributed by atoms with Gasteiger partial charge in [0, 0.05) is 0 Å². The lowest BCUT2D eigenvalue weighted by atomic mass is 10.3. The Hall–Kier alpha value is -1.79. The van der Waals surface area contributed by atoms with Crippen LogP contribution in [0.25, 0.3) is 0 Å². The Morgan fingerprint density at radius 2 is 1.95 bits per heavy atom. The average Bonchev–Trinajstić information content (AvgIpc) is 2.43. The highest BCUT2D eigenvalue weighted by atomic mass is 35.5. The van der Waals surface area contributed by atoms with Gasteiger partial charge < -0.3 is 5.32 Å². The number of sulfonamides is 1. The minimum Gasteiger partial charge on any atom is -0.339 e. The third kappa shape index (κ3) is 4.61. The van der Waals surface area contributed by atoms with Crippen LogP contribution in [0.2, 0.25) is 5.02 Å². The fourth-order valence-corrected chi connectivity index (χ4v) is 3.03. The second-order valence-electron chi connectivity index (χ2n) is 4.46. The molecule has 21 heavy (non-hydrogen) atoms. The first-order chi connectivity index (χ1) is 10.00. The van der Waals surface area contributed by atoms with E-state index in [1.165, 1.54) is 6.20 Å². The van der Waals surface area contributed by atoms with Crippen molar-refractivity contribution in [3.8, 4) is 0 Å². The van der Waals surface area contributed by atoms with Crippen molar-refractivity contribution < 1.29 is 8.42 Å². The van der Waals surface area contributed by atoms with Crippen molar-refractivity contribution in [1.82, 2.24) is 4.98 Å². The highest BCUT2D eigenvalue weighted by molar-refractivity contribution is 7.92. The predicted molar refractivity (Wildman–Crippen MR) is 86.7 cm³/mol. The molecule has 0 fully saturated rings. The van der Waals surface area contributed by atoms with Gasteiger partial charge in [0.1, 0.15) is 5.82 Å². The van der Waals surface area contributed by atoms with Crippen LogP contribution in [0.5, 0.6) is 0 Å². The minimum absolute atomic E-state index is 0.0899. The van der Waals surface area contributed by atoms with Gasteiger partial charge in [0.25, 0.3) is 0 Å². The Morgan fingerprint density at radius 1 is 1.19 bits per heavy atom.